The van der Waals surface area contributed by atoms with E-state index in [0.29, 0.717) is 26.9 Å². The molecule has 5 aromatic rings. The van der Waals surface area contributed by atoms with Crippen molar-refractivity contribution in [1.82, 2.24) is 34.6 Å². The van der Waals surface area contributed by atoms with E-state index in [9.17, 15) is 13.2 Å². The predicted octanol–water partition coefficient (Wildman–Crippen LogP) is 4.47. The Morgan fingerprint density at radius 1 is 0.781 bits per heavy atom. The molecule has 11 heteroatoms. The fraction of sp³-hybridized carbons (Fsp3) is 0.0952. The lowest BCUT2D eigenvalue weighted by molar-refractivity contribution is -0.146. The van der Waals surface area contributed by atoms with E-state index < -0.39 is 12.0 Å². The molecule has 3 aromatic heterocycles. The number of fused-ring (bicyclic) bond motifs is 1. The standard InChI is InChI=1S/C21H14F3N7S/c22-21(23,24)19-27-25-16-11-12-18(29-31(16)19)32-20-28-26-17(13-14-7-3-1-4-8-14)30(20)15-9-5-2-6-10-15/h1-12H,13H2. The second-order valence-corrected chi connectivity index (χ2v) is 7.78. The van der Waals surface area contributed by atoms with Gasteiger partial charge < -0.3 is 0 Å². The predicted molar refractivity (Wildman–Crippen MR) is 111 cm³/mol. The van der Waals surface area contributed by atoms with Crippen LogP contribution in [0.15, 0.2) is 83.0 Å². The zero-order chi connectivity index (χ0) is 22.1. The van der Waals surface area contributed by atoms with Crippen LogP contribution in [0, 0.1) is 0 Å². The number of rotatable bonds is 5. The Hall–Kier alpha value is -3.73. The van der Waals surface area contributed by atoms with E-state index in [0.717, 1.165) is 23.0 Å². The molecule has 2 aromatic carbocycles. The number of para-hydroxylation sites is 1. The largest absolute Gasteiger partial charge is 0.453 e. The smallest absolute Gasteiger partial charge is 0.273 e. The topological polar surface area (TPSA) is 73.8 Å². The van der Waals surface area contributed by atoms with Crippen LogP contribution in [0.4, 0.5) is 13.2 Å². The average molecular weight is 453 g/mol. The van der Waals surface area contributed by atoms with Gasteiger partial charge in [-0.15, -0.1) is 20.4 Å². The minimum Gasteiger partial charge on any atom is -0.273 e. The second-order valence-electron chi connectivity index (χ2n) is 6.80. The summed E-state index contributed by atoms with van der Waals surface area (Å²) in [5.41, 5.74) is 1.91. The van der Waals surface area contributed by atoms with Gasteiger partial charge >= 0.3 is 6.18 Å². The highest BCUT2D eigenvalue weighted by Crippen LogP contribution is 2.31. The Bertz CT molecular complexity index is 1360. The molecule has 0 saturated carbocycles. The molecule has 0 atom stereocenters. The lowest BCUT2D eigenvalue weighted by Crippen LogP contribution is -2.12. The first-order valence-corrected chi connectivity index (χ1v) is 10.3. The molecular weight excluding hydrogens is 439 g/mol. The van der Waals surface area contributed by atoms with Crippen molar-refractivity contribution in [2.75, 3.05) is 0 Å². The third-order valence-corrected chi connectivity index (χ3v) is 5.48. The third-order valence-electron chi connectivity index (χ3n) is 4.61. The van der Waals surface area contributed by atoms with Crippen LogP contribution in [0.5, 0.6) is 0 Å². The minimum atomic E-state index is -4.66. The summed E-state index contributed by atoms with van der Waals surface area (Å²) in [6.07, 6.45) is -4.12. The van der Waals surface area contributed by atoms with Crippen LogP contribution in [0.1, 0.15) is 17.2 Å². The molecule has 0 saturated heterocycles. The first kappa shape index (κ1) is 20.2. The van der Waals surface area contributed by atoms with E-state index in [-0.39, 0.29) is 5.65 Å². The summed E-state index contributed by atoms with van der Waals surface area (Å²) < 4.78 is 42.2. The second kappa shape index (κ2) is 8.08. The molecule has 0 aliphatic heterocycles. The molecule has 0 aliphatic rings. The van der Waals surface area contributed by atoms with Crippen molar-refractivity contribution in [3.63, 3.8) is 0 Å². The number of benzene rings is 2. The van der Waals surface area contributed by atoms with Crippen LogP contribution < -0.4 is 0 Å². The number of nitrogens with zero attached hydrogens (tertiary/aromatic N) is 7. The van der Waals surface area contributed by atoms with Gasteiger partial charge in [0.25, 0.3) is 5.82 Å². The zero-order valence-electron chi connectivity index (χ0n) is 16.3. The Morgan fingerprint density at radius 2 is 1.50 bits per heavy atom. The Morgan fingerprint density at radius 3 is 2.22 bits per heavy atom. The van der Waals surface area contributed by atoms with Crippen molar-refractivity contribution in [2.45, 2.75) is 22.8 Å². The van der Waals surface area contributed by atoms with Crippen LogP contribution in [0.25, 0.3) is 11.3 Å². The highest BCUT2D eigenvalue weighted by Gasteiger charge is 2.37. The lowest BCUT2D eigenvalue weighted by atomic mass is 10.1. The summed E-state index contributed by atoms with van der Waals surface area (Å²) in [6.45, 7) is 0. The molecule has 0 fully saturated rings. The van der Waals surface area contributed by atoms with Crippen LogP contribution in [0.2, 0.25) is 0 Å². The van der Waals surface area contributed by atoms with Crippen molar-refractivity contribution >= 4 is 17.4 Å². The molecule has 5 rings (SSSR count). The van der Waals surface area contributed by atoms with E-state index in [1.807, 2.05) is 65.2 Å². The van der Waals surface area contributed by atoms with Gasteiger partial charge in [-0.05, 0) is 41.6 Å². The van der Waals surface area contributed by atoms with E-state index in [4.69, 9.17) is 0 Å². The van der Waals surface area contributed by atoms with Crippen molar-refractivity contribution < 1.29 is 13.2 Å². The van der Waals surface area contributed by atoms with Crippen LogP contribution in [-0.2, 0) is 12.6 Å². The monoisotopic (exact) mass is 453 g/mol. The first-order chi connectivity index (χ1) is 15.5. The minimum absolute atomic E-state index is 0.0102. The van der Waals surface area contributed by atoms with Crippen LogP contribution >= 0.6 is 11.8 Å². The summed E-state index contributed by atoms with van der Waals surface area (Å²) in [5, 5.41) is 20.3. The Kier molecular flexibility index (Phi) is 5.10. The van der Waals surface area contributed by atoms with Gasteiger partial charge in [0.1, 0.15) is 10.9 Å². The number of halogens is 3. The van der Waals surface area contributed by atoms with Gasteiger partial charge in [-0.1, -0.05) is 48.5 Å². The molecule has 0 aliphatic carbocycles. The quantitative estimate of drug-likeness (QED) is 0.391. The molecule has 0 bridgehead atoms. The van der Waals surface area contributed by atoms with E-state index in [2.05, 4.69) is 25.5 Å². The highest BCUT2D eigenvalue weighted by molar-refractivity contribution is 7.99. The van der Waals surface area contributed by atoms with Gasteiger partial charge in [0.05, 0.1) is 0 Å². The van der Waals surface area contributed by atoms with E-state index in [1.165, 1.54) is 6.07 Å². The van der Waals surface area contributed by atoms with Crippen molar-refractivity contribution in [3.8, 4) is 5.69 Å². The van der Waals surface area contributed by atoms with Crippen molar-refractivity contribution in [3.05, 3.63) is 90.0 Å². The molecule has 0 radical (unpaired) electrons. The maximum atomic E-state index is 13.2. The molecule has 0 amide bonds. The van der Waals surface area contributed by atoms with Crippen molar-refractivity contribution in [2.24, 2.45) is 0 Å². The summed E-state index contributed by atoms with van der Waals surface area (Å²) in [6, 6.07) is 22.4. The SMILES string of the molecule is FC(F)(F)c1nnc2ccc(Sc3nnc(Cc4ccccc4)n3-c3ccccc3)nn12. The maximum Gasteiger partial charge on any atom is 0.453 e. The highest BCUT2D eigenvalue weighted by atomic mass is 32.2. The van der Waals surface area contributed by atoms with E-state index >= 15 is 0 Å². The Labute approximate surface area is 183 Å². The lowest BCUT2D eigenvalue weighted by Gasteiger charge is -2.10. The van der Waals surface area contributed by atoms with E-state index in [1.54, 1.807) is 6.07 Å². The molecule has 0 spiro atoms. The number of alkyl halides is 3. The molecule has 0 unspecified atom stereocenters. The third kappa shape index (κ3) is 3.94. The fourth-order valence-corrected chi connectivity index (χ4v) is 4.02. The zero-order valence-corrected chi connectivity index (χ0v) is 17.1. The van der Waals surface area contributed by atoms with Gasteiger partial charge in [-0.25, -0.2) is 0 Å². The van der Waals surface area contributed by atoms with Crippen LogP contribution in [0.3, 0.4) is 0 Å². The van der Waals surface area contributed by atoms with Gasteiger partial charge in [0.2, 0.25) is 5.16 Å². The molecule has 160 valence electrons. The molecule has 7 nitrogen and oxygen atoms in total. The normalized spacial score (nSPS) is 11.8. The number of hydrogen-bond acceptors (Lipinski definition) is 6. The number of hydrogen-bond donors (Lipinski definition) is 0. The maximum absolute atomic E-state index is 13.2. The summed E-state index contributed by atoms with van der Waals surface area (Å²) >= 11 is 1.11. The summed E-state index contributed by atoms with van der Waals surface area (Å²) in [7, 11) is 0. The van der Waals surface area contributed by atoms with Gasteiger partial charge in [-0.3, -0.25) is 4.57 Å². The van der Waals surface area contributed by atoms with Gasteiger partial charge in [0, 0.05) is 12.1 Å². The average Bonchev–Trinajstić information content (AvgIpc) is 3.39. The molecule has 32 heavy (non-hydrogen) atoms. The first-order valence-electron chi connectivity index (χ1n) is 9.50. The number of aromatic nitrogens is 7. The van der Waals surface area contributed by atoms with Crippen molar-refractivity contribution in [1.29, 1.82) is 0 Å². The molecular formula is C21H14F3N7S. The Balaban J connectivity index is 1.55. The summed E-state index contributed by atoms with van der Waals surface area (Å²) in [4.78, 5) is 0. The van der Waals surface area contributed by atoms with Gasteiger partial charge in [-0.2, -0.15) is 22.8 Å². The van der Waals surface area contributed by atoms with Crippen LogP contribution in [-0.4, -0.2) is 34.6 Å². The fourth-order valence-electron chi connectivity index (χ4n) is 3.19. The molecule has 3 heterocycles. The summed E-state index contributed by atoms with van der Waals surface area (Å²) in [5.74, 6) is -0.476. The van der Waals surface area contributed by atoms with Gasteiger partial charge in [0.15, 0.2) is 5.65 Å². The molecule has 0 N–H and O–H groups in total.